The lowest BCUT2D eigenvalue weighted by Crippen LogP contribution is -2.00. The minimum Gasteiger partial charge on any atom is -0.150 e. The molecule has 80 valence electrons. The van der Waals surface area contributed by atoms with Gasteiger partial charge in [-0.15, -0.1) is 11.8 Å². The van der Waals surface area contributed by atoms with Crippen molar-refractivity contribution in [3.05, 3.63) is 47.5 Å². The van der Waals surface area contributed by atoms with Crippen LogP contribution in [0.5, 0.6) is 0 Å². The molecule has 0 nitrogen and oxygen atoms in total. The van der Waals surface area contributed by atoms with Gasteiger partial charge in [-0.3, -0.25) is 0 Å². The van der Waals surface area contributed by atoms with Crippen molar-refractivity contribution >= 4 is 11.8 Å². The number of hydrogen-bond acceptors (Lipinski definition) is 1. The summed E-state index contributed by atoms with van der Waals surface area (Å²) < 4.78 is 0. The summed E-state index contributed by atoms with van der Waals surface area (Å²) in [6, 6.07) is 9.09. The summed E-state index contributed by atoms with van der Waals surface area (Å²) in [5.41, 5.74) is 2.90. The highest BCUT2D eigenvalue weighted by Crippen LogP contribution is 2.24. The first-order valence-corrected chi connectivity index (χ1v) is 6.67. The van der Waals surface area contributed by atoms with Crippen LogP contribution in [0.1, 0.15) is 30.9 Å². The molecule has 1 aliphatic rings. The van der Waals surface area contributed by atoms with Gasteiger partial charge in [-0.25, -0.2) is 0 Å². The Morgan fingerprint density at radius 3 is 2.53 bits per heavy atom. The lowest BCUT2D eigenvalue weighted by Gasteiger charge is -2.09. The van der Waals surface area contributed by atoms with Gasteiger partial charge in [0.1, 0.15) is 0 Å². The second kappa shape index (κ2) is 4.89. The predicted octanol–water partition coefficient (Wildman–Crippen LogP) is 4.02. The minimum absolute atomic E-state index is 0.639. The van der Waals surface area contributed by atoms with E-state index in [2.05, 4.69) is 50.3 Å². The lowest BCUT2D eigenvalue weighted by molar-refractivity contribution is 0.864. The Hall–Kier alpha value is -0.690. The maximum Gasteiger partial charge on any atom is 0.0270 e. The maximum atomic E-state index is 2.33. The quantitative estimate of drug-likeness (QED) is 0.690. The molecule has 1 atom stereocenters. The third kappa shape index (κ3) is 2.88. The van der Waals surface area contributed by atoms with Crippen LogP contribution in [-0.2, 0) is 6.42 Å². The van der Waals surface area contributed by atoms with Gasteiger partial charge in [0.15, 0.2) is 0 Å². The van der Waals surface area contributed by atoms with Crippen molar-refractivity contribution in [2.45, 2.75) is 31.4 Å². The van der Waals surface area contributed by atoms with Crippen LogP contribution in [0.25, 0.3) is 0 Å². The Bertz CT molecular complexity index is 335. The fourth-order valence-corrected chi connectivity index (χ4v) is 2.84. The summed E-state index contributed by atoms with van der Waals surface area (Å²) in [4.78, 5) is 0. The normalized spacial score (nSPS) is 20.1. The largest absolute Gasteiger partial charge is 0.150 e. The number of hydrogen-bond donors (Lipinski definition) is 0. The molecule has 0 saturated carbocycles. The molecule has 0 bridgehead atoms. The molecule has 0 spiro atoms. The molecule has 0 aliphatic carbocycles. The molecule has 0 amide bonds. The van der Waals surface area contributed by atoms with Crippen molar-refractivity contribution < 1.29 is 0 Å². The van der Waals surface area contributed by atoms with Crippen LogP contribution in [-0.4, -0.2) is 11.0 Å². The molecular weight excluding hydrogens is 200 g/mol. The van der Waals surface area contributed by atoms with Crippen LogP contribution >= 0.6 is 11.8 Å². The van der Waals surface area contributed by atoms with E-state index in [1.165, 1.54) is 23.3 Å². The molecule has 15 heavy (non-hydrogen) atoms. The van der Waals surface area contributed by atoms with E-state index in [0.29, 0.717) is 11.2 Å². The van der Waals surface area contributed by atoms with Gasteiger partial charge in [0, 0.05) is 11.0 Å². The zero-order chi connectivity index (χ0) is 10.7. The van der Waals surface area contributed by atoms with Crippen molar-refractivity contribution in [1.82, 2.24) is 0 Å². The monoisotopic (exact) mass is 218 g/mol. The molecule has 0 N–H and O–H groups in total. The molecule has 1 heterocycles. The molecule has 1 aromatic rings. The highest BCUT2D eigenvalue weighted by Gasteiger charge is 2.10. The Balaban J connectivity index is 2.00. The van der Waals surface area contributed by atoms with Gasteiger partial charge >= 0.3 is 0 Å². The molecule has 2 rings (SSSR count). The van der Waals surface area contributed by atoms with E-state index >= 15 is 0 Å². The smallest absolute Gasteiger partial charge is 0.0270 e. The molecule has 1 unspecified atom stereocenters. The summed E-state index contributed by atoms with van der Waals surface area (Å²) >= 11 is 2.04. The fourth-order valence-electron chi connectivity index (χ4n) is 1.84. The Labute approximate surface area is 96.8 Å². The third-order valence-electron chi connectivity index (χ3n) is 2.84. The molecule has 1 aliphatic heterocycles. The SMILES string of the molecule is CC(C)c1ccc(CC2C=CCS2)cc1. The molecule has 1 aromatic carbocycles. The van der Waals surface area contributed by atoms with Crippen molar-refractivity contribution in [2.75, 3.05) is 5.75 Å². The summed E-state index contributed by atoms with van der Waals surface area (Å²) in [7, 11) is 0. The minimum atomic E-state index is 0.639. The van der Waals surface area contributed by atoms with Crippen molar-refractivity contribution in [2.24, 2.45) is 0 Å². The average molecular weight is 218 g/mol. The van der Waals surface area contributed by atoms with Gasteiger partial charge in [-0.2, -0.15) is 0 Å². The summed E-state index contributed by atoms with van der Waals surface area (Å²) in [5.74, 6) is 1.83. The zero-order valence-corrected chi connectivity index (χ0v) is 10.3. The first kappa shape index (κ1) is 10.8. The first-order chi connectivity index (χ1) is 7.25. The fraction of sp³-hybridized carbons (Fsp3) is 0.429. The third-order valence-corrected chi connectivity index (χ3v) is 3.98. The van der Waals surface area contributed by atoms with Gasteiger partial charge in [0.2, 0.25) is 0 Å². The van der Waals surface area contributed by atoms with Crippen LogP contribution in [0.15, 0.2) is 36.4 Å². The maximum absolute atomic E-state index is 2.33. The molecule has 0 fully saturated rings. The van der Waals surface area contributed by atoms with E-state index in [0.717, 1.165) is 0 Å². The number of rotatable bonds is 3. The highest BCUT2D eigenvalue weighted by atomic mass is 32.2. The Morgan fingerprint density at radius 2 is 2.00 bits per heavy atom. The van der Waals surface area contributed by atoms with Crippen LogP contribution in [0.4, 0.5) is 0 Å². The van der Waals surface area contributed by atoms with Crippen molar-refractivity contribution in [1.29, 1.82) is 0 Å². The predicted molar refractivity (Wildman–Crippen MR) is 69.6 cm³/mol. The van der Waals surface area contributed by atoms with Crippen LogP contribution in [0.2, 0.25) is 0 Å². The summed E-state index contributed by atoms with van der Waals surface area (Å²) in [6.45, 7) is 4.48. The zero-order valence-electron chi connectivity index (χ0n) is 9.44. The van der Waals surface area contributed by atoms with E-state index in [1.807, 2.05) is 11.8 Å². The molecule has 0 aromatic heterocycles. The van der Waals surface area contributed by atoms with E-state index in [9.17, 15) is 0 Å². The molecule has 0 radical (unpaired) electrons. The number of benzene rings is 1. The van der Waals surface area contributed by atoms with Crippen LogP contribution < -0.4 is 0 Å². The van der Waals surface area contributed by atoms with Crippen molar-refractivity contribution in [3.8, 4) is 0 Å². The number of thioether (sulfide) groups is 1. The van der Waals surface area contributed by atoms with E-state index < -0.39 is 0 Å². The molecular formula is C14H18S. The first-order valence-electron chi connectivity index (χ1n) is 5.63. The molecule has 1 heteroatoms. The Kier molecular flexibility index (Phi) is 3.53. The highest BCUT2D eigenvalue weighted by molar-refractivity contribution is 8.00. The van der Waals surface area contributed by atoms with Crippen molar-refractivity contribution in [3.63, 3.8) is 0 Å². The standard InChI is InChI=1S/C14H18S/c1-11(2)13-7-5-12(6-8-13)10-14-4-3-9-15-14/h3-8,11,14H,9-10H2,1-2H3. The van der Waals surface area contributed by atoms with Gasteiger partial charge in [-0.05, 0) is 23.5 Å². The van der Waals surface area contributed by atoms with E-state index in [4.69, 9.17) is 0 Å². The lowest BCUT2D eigenvalue weighted by atomic mass is 10.0. The average Bonchev–Trinajstić information content (AvgIpc) is 2.71. The van der Waals surface area contributed by atoms with E-state index in [1.54, 1.807) is 0 Å². The van der Waals surface area contributed by atoms with Gasteiger partial charge in [0.25, 0.3) is 0 Å². The topological polar surface area (TPSA) is 0 Å². The summed E-state index contributed by atoms with van der Waals surface area (Å²) in [5, 5.41) is 0.704. The Morgan fingerprint density at radius 1 is 1.27 bits per heavy atom. The molecule has 0 saturated heterocycles. The van der Waals surface area contributed by atoms with Crippen LogP contribution in [0, 0.1) is 0 Å². The van der Waals surface area contributed by atoms with Crippen LogP contribution in [0.3, 0.4) is 0 Å². The second-order valence-corrected chi connectivity index (χ2v) is 5.67. The van der Waals surface area contributed by atoms with Gasteiger partial charge < -0.3 is 0 Å². The summed E-state index contributed by atoms with van der Waals surface area (Å²) in [6.07, 6.45) is 5.79. The van der Waals surface area contributed by atoms with E-state index in [-0.39, 0.29) is 0 Å². The second-order valence-electron chi connectivity index (χ2n) is 4.40. The van der Waals surface area contributed by atoms with Gasteiger partial charge in [0.05, 0.1) is 0 Å². The van der Waals surface area contributed by atoms with Gasteiger partial charge in [-0.1, -0.05) is 50.3 Å².